The topological polar surface area (TPSA) is 69.2 Å². The largest absolute Gasteiger partial charge is 3.00 e. The third kappa shape index (κ3) is 35.3. The van der Waals surface area contributed by atoms with Crippen molar-refractivity contribution in [2.45, 2.75) is 0 Å². The molecule has 0 saturated carbocycles. The number of hydrogen-bond donors (Lipinski definition) is 0. The molecule has 0 aliphatic rings. The van der Waals surface area contributed by atoms with Gasteiger partial charge in [0.25, 0.3) is 0 Å². The number of rotatable bonds is 0. The van der Waals surface area contributed by atoms with Gasteiger partial charge in [0.15, 0.2) is 0 Å². The van der Waals surface area contributed by atoms with Crippen LogP contribution in [-0.2, 0) is 0 Å². The Balaban J connectivity index is 0. The molecule has 0 unspecified atom stereocenters. The molecule has 0 amide bonds. The molecule has 0 atom stereocenters. The molecule has 0 aromatic heterocycles. The zero-order valence-corrected chi connectivity index (χ0v) is 6.55. The zero-order chi connectivity index (χ0) is 3.58. The molecule has 0 aliphatic carbocycles. The standard InChI is InChI=1S/AsO3.Sb/c2-1(3)4;/q-3;+3. The summed E-state index contributed by atoms with van der Waals surface area (Å²) in [5, 5.41) is 0. The van der Waals surface area contributed by atoms with E-state index in [0.29, 0.717) is 0 Å². The van der Waals surface area contributed by atoms with Gasteiger partial charge in [-0.25, -0.2) is 0 Å². The molecular weight excluding hydrogens is 245 g/mol. The van der Waals surface area contributed by atoms with Gasteiger partial charge in [-0.05, 0) is 0 Å². The van der Waals surface area contributed by atoms with Crippen molar-refractivity contribution < 1.29 is 12.3 Å². The minimum Gasteiger partial charge on any atom is 3.00 e. The molecule has 0 aliphatic heterocycles. The summed E-state index contributed by atoms with van der Waals surface area (Å²) in [7, 11) is 0. The Kier molecular flexibility index (Phi) is 10.0. The van der Waals surface area contributed by atoms with Crippen molar-refractivity contribution in [1.29, 1.82) is 0 Å². The SMILES string of the molecule is [O-][As]([O-])[O-].[Sb+3]. The molecule has 0 fully saturated rings. The zero-order valence-electron chi connectivity index (χ0n) is 2.12. The molecule has 0 rings (SSSR count). The van der Waals surface area contributed by atoms with E-state index in [1.165, 1.54) is 0 Å². The summed E-state index contributed by atoms with van der Waals surface area (Å²) in [5.74, 6) is 0. The van der Waals surface area contributed by atoms with Crippen LogP contribution in [0.5, 0.6) is 0 Å². The van der Waals surface area contributed by atoms with Gasteiger partial charge in [0.1, 0.15) is 0 Å². The third-order valence-electron chi connectivity index (χ3n) is 0. The van der Waals surface area contributed by atoms with E-state index in [0.717, 1.165) is 0 Å². The summed E-state index contributed by atoms with van der Waals surface area (Å²) in [6, 6.07) is 0. The predicted octanol–water partition coefficient (Wildman–Crippen LogP) is -4.33. The quantitative estimate of drug-likeness (QED) is 0.405. The Labute approximate surface area is 52.4 Å². The second-order valence-corrected chi connectivity index (χ2v) is 1.16. The van der Waals surface area contributed by atoms with Gasteiger partial charge in [-0.1, -0.05) is 0 Å². The summed E-state index contributed by atoms with van der Waals surface area (Å²) in [5.41, 5.74) is 0. The molecule has 0 spiro atoms. The van der Waals surface area contributed by atoms with Crippen LogP contribution in [0, 0.1) is 0 Å². The minimum absolute atomic E-state index is 0. The predicted molar refractivity (Wildman–Crippen MR) is 11.5 cm³/mol. The molecule has 2 radical (unpaired) electrons. The summed E-state index contributed by atoms with van der Waals surface area (Å²) in [6.45, 7) is 0. The maximum Gasteiger partial charge on any atom is 3.00 e. The van der Waals surface area contributed by atoms with Crippen molar-refractivity contribution >= 4 is 40.1 Å². The summed E-state index contributed by atoms with van der Waals surface area (Å²) in [4.78, 5) is 0. The number of hydrogen-bond acceptors (Lipinski definition) is 3. The van der Waals surface area contributed by atoms with Crippen LogP contribution in [0.15, 0.2) is 0 Å². The fourth-order valence-electron chi connectivity index (χ4n) is 0. The van der Waals surface area contributed by atoms with Crippen molar-refractivity contribution in [3.63, 3.8) is 0 Å². The Hall–Kier alpha value is 1.26. The van der Waals surface area contributed by atoms with Gasteiger partial charge in [0, 0.05) is 0 Å². The Morgan fingerprint density at radius 2 is 1.00 bits per heavy atom. The van der Waals surface area contributed by atoms with E-state index < -0.39 is 15.7 Å². The van der Waals surface area contributed by atoms with E-state index in [-0.39, 0.29) is 24.4 Å². The second kappa shape index (κ2) is 5.26. The minimum atomic E-state index is -3.94. The van der Waals surface area contributed by atoms with Crippen molar-refractivity contribution in [3.8, 4) is 0 Å². The molecule has 0 saturated heterocycles. The van der Waals surface area contributed by atoms with Gasteiger partial charge >= 0.3 is 52.4 Å². The molecule has 0 aromatic rings. The molecule has 3 nitrogen and oxygen atoms in total. The molecule has 5 heteroatoms. The summed E-state index contributed by atoms with van der Waals surface area (Å²) >= 11 is -3.94. The third-order valence-corrected chi connectivity index (χ3v) is 0. The maximum atomic E-state index is 8.56. The molecule has 0 aromatic carbocycles. The summed E-state index contributed by atoms with van der Waals surface area (Å²) < 4.78 is 25.7. The van der Waals surface area contributed by atoms with Gasteiger partial charge in [0.05, 0.1) is 0 Å². The van der Waals surface area contributed by atoms with Crippen molar-refractivity contribution in [3.05, 3.63) is 0 Å². The van der Waals surface area contributed by atoms with E-state index in [1.54, 1.807) is 0 Å². The van der Waals surface area contributed by atoms with Crippen molar-refractivity contribution in [2.24, 2.45) is 0 Å². The molecule has 0 heterocycles. The van der Waals surface area contributed by atoms with Crippen LogP contribution in [0.25, 0.3) is 0 Å². The van der Waals surface area contributed by atoms with Crippen LogP contribution in [0.1, 0.15) is 0 Å². The fraction of sp³-hybridized carbons (Fsp3) is 0. The second-order valence-electron chi connectivity index (χ2n) is 0.224. The van der Waals surface area contributed by atoms with E-state index >= 15 is 0 Å². The average Bonchev–Trinajstić information content (AvgIpc) is 0.811. The van der Waals surface area contributed by atoms with Gasteiger partial charge in [-0.3, -0.25) is 0 Å². The van der Waals surface area contributed by atoms with Gasteiger partial charge in [-0.2, -0.15) is 0 Å². The molecule has 0 bridgehead atoms. The fourth-order valence-corrected chi connectivity index (χ4v) is 0. The molecule has 5 heavy (non-hydrogen) atoms. The van der Waals surface area contributed by atoms with E-state index in [4.69, 9.17) is 12.3 Å². The normalized spacial score (nSPS) is 7.20. The Morgan fingerprint density at radius 3 is 1.00 bits per heavy atom. The molecular formula is AsO3Sb. The van der Waals surface area contributed by atoms with Crippen LogP contribution >= 0.6 is 0 Å². The van der Waals surface area contributed by atoms with E-state index in [9.17, 15) is 0 Å². The Bertz CT molecular complexity index is 11.6. The first-order valence-electron chi connectivity index (χ1n) is 0.548. The molecule has 28 valence electrons. The van der Waals surface area contributed by atoms with E-state index in [1.807, 2.05) is 0 Å². The Morgan fingerprint density at radius 1 is 1.00 bits per heavy atom. The smallest absolute Gasteiger partial charge is 3.00 e. The first-order chi connectivity index (χ1) is 1.73. The van der Waals surface area contributed by atoms with Crippen LogP contribution in [0.4, 0.5) is 0 Å². The monoisotopic (exact) mass is 244 g/mol. The first kappa shape index (κ1) is 9.54. The average molecular weight is 245 g/mol. The van der Waals surface area contributed by atoms with Crippen LogP contribution in [-0.4, -0.2) is 40.1 Å². The molecule has 0 N–H and O–H groups in total. The van der Waals surface area contributed by atoms with Crippen LogP contribution < -0.4 is 12.3 Å². The van der Waals surface area contributed by atoms with Crippen LogP contribution in [0.2, 0.25) is 0 Å². The summed E-state index contributed by atoms with van der Waals surface area (Å²) in [6.07, 6.45) is 0. The van der Waals surface area contributed by atoms with Crippen molar-refractivity contribution in [1.82, 2.24) is 0 Å². The van der Waals surface area contributed by atoms with Gasteiger partial charge < -0.3 is 0 Å². The van der Waals surface area contributed by atoms with Crippen LogP contribution in [0.3, 0.4) is 0 Å². The van der Waals surface area contributed by atoms with Crippen molar-refractivity contribution in [2.75, 3.05) is 0 Å². The van der Waals surface area contributed by atoms with Gasteiger partial charge in [-0.15, -0.1) is 0 Å². The maximum absolute atomic E-state index is 8.56. The van der Waals surface area contributed by atoms with E-state index in [2.05, 4.69) is 0 Å². The first-order valence-corrected chi connectivity index (χ1v) is 2.85. The van der Waals surface area contributed by atoms with Gasteiger partial charge in [0.2, 0.25) is 0 Å².